The van der Waals surface area contributed by atoms with E-state index >= 15 is 0 Å². The molecule has 104 valence electrons. The number of benzene rings is 1. The summed E-state index contributed by atoms with van der Waals surface area (Å²) in [5.41, 5.74) is 8.15. The van der Waals surface area contributed by atoms with Gasteiger partial charge in [0.2, 0.25) is 0 Å². The molecule has 0 heterocycles. The number of carbonyl (C=O) groups excluding carboxylic acids is 1. The summed E-state index contributed by atoms with van der Waals surface area (Å²) in [5, 5.41) is 0. The third kappa shape index (κ3) is 3.19. The predicted octanol–water partition coefficient (Wildman–Crippen LogP) is 2.68. The van der Waals surface area contributed by atoms with Gasteiger partial charge in [0, 0.05) is 13.6 Å². The molecular formula is C15H22N2O2. The van der Waals surface area contributed by atoms with E-state index in [9.17, 15) is 4.79 Å². The van der Waals surface area contributed by atoms with Crippen LogP contribution < -0.4 is 10.6 Å². The summed E-state index contributed by atoms with van der Waals surface area (Å²) in [7, 11) is 3.43. The zero-order valence-electron chi connectivity index (χ0n) is 11.7. The highest BCUT2D eigenvalue weighted by Crippen LogP contribution is 2.29. The summed E-state index contributed by atoms with van der Waals surface area (Å²) in [6, 6.07) is 5.35. The van der Waals surface area contributed by atoms with Crippen LogP contribution in [0.5, 0.6) is 0 Å². The van der Waals surface area contributed by atoms with Crippen molar-refractivity contribution in [2.75, 3.05) is 31.3 Å². The molecule has 1 saturated carbocycles. The Kier molecular flexibility index (Phi) is 4.30. The highest BCUT2D eigenvalue weighted by atomic mass is 16.5. The van der Waals surface area contributed by atoms with Gasteiger partial charge in [-0.3, -0.25) is 0 Å². The fourth-order valence-corrected chi connectivity index (χ4v) is 2.83. The standard InChI is InChI=1S/C15H22N2O2/c1-17(10-11-5-3-4-6-11)14-8-7-12(9-13(14)16)15(18)19-2/h7-9,11H,3-6,10,16H2,1-2H3. The first-order valence-corrected chi connectivity index (χ1v) is 6.80. The molecule has 2 N–H and O–H groups in total. The van der Waals surface area contributed by atoms with E-state index in [1.54, 1.807) is 12.1 Å². The number of rotatable bonds is 4. The number of methoxy groups -OCH3 is 1. The average molecular weight is 262 g/mol. The van der Waals surface area contributed by atoms with E-state index in [0.29, 0.717) is 11.3 Å². The molecule has 0 spiro atoms. The van der Waals surface area contributed by atoms with Gasteiger partial charge in [-0.1, -0.05) is 12.8 Å². The van der Waals surface area contributed by atoms with Crippen LogP contribution in [0.1, 0.15) is 36.0 Å². The average Bonchev–Trinajstić information content (AvgIpc) is 2.90. The predicted molar refractivity (Wildman–Crippen MR) is 77.4 cm³/mol. The van der Waals surface area contributed by atoms with E-state index in [2.05, 4.69) is 11.9 Å². The number of hydrogen-bond acceptors (Lipinski definition) is 4. The first-order chi connectivity index (χ1) is 9.11. The Labute approximate surface area is 114 Å². The molecule has 1 fully saturated rings. The lowest BCUT2D eigenvalue weighted by molar-refractivity contribution is 0.0601. The van der Waals surface area contributed by atoms with Crippen molar-refractivity contribution in [3.05, 3.63) is 23.8 Å². The van der Waals surface area contributed by atoms with Crippen molar-refractivity contribution in [2.45, 2.75) is 25.7 Å². The molecule has 1 aromatic carbocycles. The van der Waals surface area contributed by atoms with Crippen molar-refractivity contribution in [2.24, 2.45) is 5.92 Å². The van der Waals surface area contributed by atoms with Crippen LogP contribution in [0.15, 0.2) is 18.2 Å². The molecule has 19 heavy (non-hydrogen) atoms. The summed E-state index contributed by atoms with van der Waals surface area (Å²) in [4.78, 5) is 13.6. The Morgan fingerprint density at radius 3 is 2.68 bits per heavy atom. The molecule has 4 heteroatoms. The van der Waals surface area contributed by atoms with Crippen LogP contribution in [0.4, 0.5) is 11.4 Å². The lowest BCUT2D eigenvalue weighted by Crippen LogP contribution is -2.25. The second-order valence-corrected chi connectivity index (χ2v) is 5.30. The minimum Gasteiger partial charge on any atom is -0.465 e. The Hall–Kier alpha value is -1.71. The van der Waals surface area contributed by atoms with Crippen molar-refractivity contribution in [3.63, 3.8) is 0 Å². The number of esters is 1. The molecule has 0 radical (unpaired) electrons. The first kappa shape index (κ1) is 13.7. The smallest absolute Gasteiger partial charge is 0.337 e. The van der Waals surface area contributed by atoms with Gasteiger partial charge < -0.3 is 15.4 Å². The highest BCUT2D eigenvalue weighted by Gasteiger charge is 2.18. The summed E-state index contributed by atoms with van der Waals surface area (Å²) >= 11 is 0. The molecule has 0 aliphatic heterocycles. The van der Waals surface area contributed by atoms with Crippen molar-refractivity contribution in [1.82, 2.24) is 0 Å². The fraction of sp³-hybridized carbons (Fsp3) is 0.533. The van der Waals surface area contributed by atoms with E-state index in [1.807, 2.05) is 6.07 Å². The van der Waals surface area contributed by atoms with Gasteiger partial charge in [0.15, 0.2) is 0 Å². The van der Waals surface area contributed by atoms with E-state index < -0.39 is 0 Å². The molecule has 2 rings (SSSR count). The third-order valence-corrected chi connectivity index (χ3v) is 3.87. The molecule has 0 bridgehead atoms. The van der Waals surface area contributed by atoms with Gasteiger partial charge in [0.1, 0.15) is 0 Å². The molecule has 1 aliphatic rings. The van der Waals surface area contributed by atoms with Crippen LogP contribution >= 0.6 is 0 Å². The second-order valence-electron chi connectivity index (χ2n) is 5.30. The third-order valence-electron chi connectivity index (χ3n) is 3.87. The molecule has 1 aliphatic carbocycles. The van der Waals surface area contributed by atoms with Crippen molar-refractivity contribution < 1.29 is 9.53 Å². The summed E-state index contributed by atoms with van der Waals surface area (Å²) in [6.45, 7) is 1.03. The molecular weight excluding hydrogens is 240 g/mol. The quantitative estimate of drug-likeness (QED) is 0.669. The number of nitrogens with two attached hydrogens (primary N) is 1. The molecule has 0 amide bonds. The Bertz CT molecular complexity index is 453. The van der Waals surface area contributed by atoms with Crippen LogP contribution in [0.25, 0.3) is 0 Å². The van der Waals surface area contributed by atoms with E-state index in [4.69, 9.17) is 10.5 Å². The van der Waals surface area contributed by atoms with Crippen LogP contribution in [0.2, 0.25) is 0 Å². The van der Waals surface area contributed by atoms with E-state index in [-0.39, 0.29) is 5.97 Å². The zero-order chi connectivity index (χ0) is 13.8. The first-order valence-electron chi connectivity index (χ1n) is 6.80. The largest absolute Gasteiger partial charge is 0.465 e. The lowest BCUT2D eigenvalue weighted by atomic mass is 10.1. The van der Waals surface area contributed by atoms with Gasteiger partial charge in [0.25, 0.3) is 0 Å². The van der Waals surface area contributed by atoms with Gasteiger partial charge in [-0.25, -0.2) is 4.79 Å². The second kappa shape index (κ2) is 5.95. The Morgan fingerprint density at radius 1 is 1.42 bits per heavy atom. The number of anilines is 2. The number of carbonyl (C=O) groups is 1. The molecule has 0 unspecified atom stereocenters. The SMILES string of the molecule is COC(=O)c1ccc(N(C)CC2CCCC2)c(N)c1. The van der Waals surface area contributed by atoms with E-state index in [0.717, 1.165) is 18.2 Å². The number of ether oxygens (including phenoxy) is 1. The van der Waals surface area contributed by atoms with Crippen LogP contribution in [-0.2, 0) is 4.74 Å². The van der Waals surface area contributed by atoms with Gasteiger partial charge in [0.05, 0.1) is 24.0 Å². The van der Waals surface area contributed by atoms with E-state index in [1.165, 1.54) is 32.8 Å². The van der Waals surface area contributed by atoms with Gasteiger partial charge in [-0.15, -0.1) is 0 Å². The van der Waals surface area contributed by atoms with Crippen molar-refractivity contribution in [3.8, 4) is 0 Å². The van der Waals surface area contributed by atoms with Gasteiger partial charge in [-0.05, 0) is 37.0 Å². The fourth-order valence-electron chi connectivity index (χ4n) is 2.83. The molecule has 0 saturated heterocycles. The maximum Gasteiger partial charge on any atom is 0.337 e. The Morgan fingerprint density at radius 2 is 2.11 bits per heavy atom. The zero-order valence-corrected chi connectivity index (χ0v) is 11.7. The normalized spacial score (nSPS) is 15.5. The topological polar surface area (TPSA) is 55.6 Å². The molecule has 0 aromatic heterocycles. The maximum absolute atomic E-state index is 11.4. The Balaban J connectivity index is 2.08. The molecule has 0 atom stereocenters. The van der Waals surface area contributed by atoms with Gasteiger partial charge in [-0.2, -0.15) is 0 Å². The van der Waals surface area contributed by atoms with Crippen molar-refractivity contribution in [1.29, 1.82) is 0 Å². The number of nitrogen functional groups attached to an aromatic ring is 1. The maximum atomic E-state index is 11.4. The van der Waals surface area contributed by atoms with Crippen LogP contribution in [-0.4, -0.2) is 26.7 Å². The van der Waals surface area contributed by atoms with Crippen molar-refractivity contribution >= 4 is 17.3 Å². The summed E-state index contributed by atoms with van der Waals surface area (Å²) in [5.74, 6) is 0.418. The summed E-state index contributed by atoms with van der Waals surface area (Å²) in [6.07, 6.45) is 5.31. The highest BCUT2D eigenvalue weighted by molar-refractivity contribution is 5.91. The number of nitrogens with zero attached hydrogens (tertiary/aromatic N) is 1. The summed E-state index contributed by atoms with van der Waals surface area (Å²) < 4.78 is 4.69. The van der Waals surface area contributed by atoms with Gasteiger partial charge >= 0.3 is 5.97 Å². The lowest BCUT2D eigenvalue weighted by Gasteiger charge is -2.24. The van der Waals surface area contributed by atoms with Crippen LogP contribution in [0.3, 0.4) is 0 Å². The monoisotopic (exact) mass is 262 g/mol. The minimum atomic E-state index is -0.350. The molecule has 1 aromatic rings. The number of hydrogen-bond donors (Lipinski definition) is 1. The minimum absolute atomic E-state index is 0.350. The van der Waals surface area contributed by atoms with Crippen LogP contribution in [0, 0.1) is 5.92 Å². The molecule has 4 nitrogen and oxygen atoms in total.